The summed E-state index contributed by atoms with van der Waals surface area (Å²) in [6, 6.07) is 23.7. The highest BCUT2D eigenvalue weighted by Gasteiger charge is 2.71. The van der Waals surface area contributed by atoms with E-state index in [-0.39, 0.29) is 10.9 Å². The van der Waals surface area contributed by atoms with Crippen molar-refractivity contribution in [2.24, 2.45) is 4.99 Å². The van der Waals surface area contributed by atoms with Gasteiger partial charge in [-0.2, -0.15) is 0 Å². The Balaban J connectivity index is 1.42. The summed E-state index contributed by atoms with van der Waals surface area (Å²) in [6.45, 7) is 3.77. The van der Waals surface area contributed by atoms with Gasteiger partial charge in [0.1, 0.15) is 16.6 Å². The van der Waals surface area contributed by atoms with E-state index in [0.717, 1.165) is 11.1 Å². The molecule has 3 aromatic carbocycles. The van der Waals surface area contributed by atoms with Gasteiger partial charge in [0.05, 0.1) is 4.92 Å². The lowest BCUT2D eigenvalue weighted by molar-refractivity contribution is -0.384. The van der Waals surface area contributed by atoms with Crippen LogP contribution in [0, 0.1) is 10.1 Å². The number of non-ortho nitro benzene ring substituents is 1. The minimum absolute atomic E-state index is 0.0544. The number of rotatable bonds is 7. The van der Waals surface area contributed by atoms with Crippen molar-refractivity contribution >= 4 is 62.0 Å². The predicted molar refractivity (Wildman–Crippen MR) is 154 cm³/mol. The van der Waals surface area contributed by atoms with Crippen molar-refractivity contribution in [3.05, 3.63) is 112 Å². The molecule has 1 amide bonds. The molecule has 3 atom stereocenters. The number of esters is 1. The van der Waals surface area contributed by atoms with Gasteiger partial charge in [0.25, 0.3) is 11.6 Å². The van der Waals surface area contributed by atoms with E-state index in [1.807, 2.05) is 74.5 Å². The van der Waals surface area contributed by atoms with Gasteiger partial charge in [0, 0.05) is 22.4 Å². The number of nitrogens with zero attached hydrogens (tertiary/aromatic N) is 3. The van der Waals surface area contributed by atoms with Gasteiger partial charge in [-0.3, -0.25) is 14.9 Å². The summed E-state index contributed by atoms with van der Waals surface area (Å²) in [6.07, 6.45) is -0.647. The Kier molecular flexibility index (Phi) is 7.30. The monoisotopic (exact) mass is 627 g/mol. The molecular weight excluding hydrogens is 606 g/mol. The molecule has 2 aliphatic rings. The van der Waals surface area contributed by atoms with Crippen LogP contribution in [0.2, 0.25) is 0 Å². The Bertz CT molecular complexity index is 1430. The van der Waals surface area contributed by atoms with E-state index in [1.54, 1.807) is 6.07 Å². The fourth-order valence-electron chi connectivity index (χ4n) is 4.81. The third-order valence-corrected chi connectivity index (χ3v) is 9.86. The first-order valence-corrected chi connectivity index (χ1v) is 14.1. The number of carbonyl (C=O) groups is 2. The highest BCUT2D eigenvalue weighted by Crippen LogP contribution is 2.59. The highest BCUT2D eigenvalue weighted by atomic mass is 79.9. The molecule has 0 aromatic heterocycles. The number of aliphatic imine (C=N–C) groups is 1. The molecule has 2 saturated heterocycles. The zero-order chi connectivity index (χ0) is 27.9. The molecule has 200 valence electrons. The molecule has 39 heavy (non-hydrogen) atoms. The van der Waals surface area contributed by atoms with Crippen molar-refractivity contribution in [2.75, 3.05) is 0 Å². The summed E-state index contributed by atoms with van der Waals surface area (Å²) in [7, 11) is 0. The lowest BCUT2D eigenvalue weighted by Gasteiger charge is -2.47. The maximum Gasteiger partial charge on any atom is 0.331 e. The predicted octanol–water partition coefficient (Wildman–Crippen LogP) is 6.07. The molecule has 2 aliphatic heterocycles. The topological polar surface area (TPSA) is 102 Å². The number of carbonyl (C=O) groups excluding carboxylic acids is 2. The third kappa shape index (κ3) is 4.97. The summed E-state index contributed by atoms with van der Waals surface area (Å²) in [5.41, 5.74) is 1.80. The Morgan fingerprint density at radius 2 is 1.67 bits per heavy atom. The normalized spacial score (nSPS) is 23.8. The first kappa shape index (κ1) is 27.4. The number of thioether (sulfide) groups is 1. The third-order valence-electron chi connectivity index (χ3n) is 6.68. The van der Waals surface area contributed by atoms with Gasteiger partial charge >= 0.3 is 5.97 Å². The number of hydrogen-bond donors (Lipinski definition) is 0. The van der Waals surface area contributed by atoms with Crippen LogP contribution in [0.5, 0.6) is 0 Å². The summed E-state index contributed by atoms with van der Waals surface area (Å²) >= 11 is 11.3. The lowest BCUT2D eigenvalue weighted by atomic mass is 9.95. The number of alkyl halides is 1. The number of nitro benzene ring substituents is 1. The quantitative estimate of drug-likeness (QED) is 0.0599. The van der Waals surface area contributed by atoms with E-state index in [1.165, 1.54) is 34.9 Å². The molecule has 2 fully saturated rings. The summed E-state index contributed by atoms with van der Waals surface area (Å²) in [5, 5.41) is 10.6. The number of β-lactam (4-membered cyclic amide) rings is 1. The average Bonchev–Trinajstić information content (AvgIpc) is 3.21. The molecule has 8 nitrogen and oxygen atoms in total. The van der Waals surface area contributed by atoms with Crippen LogP contribution in [-0.2, 0) is 14.3 Å². The van der Waals surface area contributed by atoms with E-state index in [2.05, 4.69) is 20.9 Å². The second kappa shape index (κ2) is 10.4. The minimum atomic E-state index is -1.43. The van der Waals surface area contributed by atoms with Crippen LogP contribution in [0.4, 0.5) is 5.69 Å². The van der Waals surface area contributed by atoms with Gasteiger partial charge in [-0.1, -0.05) is 84.4 Å². The van der Waals surface area contributed by atoms with Gasteiger partial charge in [-0.25, -0.2) is 9.79 Å². The molecule has 0 radical (unpaired) electrons. The maximum atomic E-state index is 13.7. The van der Waals surface area contributed by atoms with Gasteiger partial charge in [0.15, 0.2) is 6.10 Å². The zero-order valence-corrected chi connectivity index (χ0v) is 24.0. The maximum absolute atomic E-state index is 13.7. The number of ether oxygens (including phenoxy) is 1. The molecule has 0 N–H and O–H groups in total. The Morgan fingerprint density at radius 1 is 1.08 bits per heavy atom. The minimum Gasteiger partial charge on any atom is -0.451 e. The average molecular weight is 629 g/mol. The van der Waals surface area contributed by atoms with Crippen LogP contribution in [0.25, 0.3) is 0 Å². The largest absolute Gasteiger partial charge is 0.451 e. The fourth-order valence-corrected chi connectivity index (χ4v) is 7.60. The molecule has 0 spiro atoms. The molecule has 2 heterocycles. The summed E-state index contributed by atoms with van der Waals surface area (Å²) in [5.74, 6) is -0.962. The number of nitro groups is 1. The molecule has 3 aromatic rings. The zero-order valence-electron chi connectivity index (χ0n) is 20.9. The summed E-state index contributed by atoms with van der Waals surface area (Å²) < 4.78 is 3.99. The Hall–Kier alpha value is -3.21. The van der Waals surface area contributed by atoms with Crippen LogP contribution in [-0.4, -0.2) is 47.5 Å². The van der Waals surface area contributed by atoms with Gasteiger partial charge in [-0.05, 0) is 40.9 Å². The van der Waals surface area contributed by atoms with Crippen molar-refractivity contribution in [3.8, 4) is 0 Å². The Morgan fingerprint density at radius 3 is 2.23 bits per heavy atom. The van der Waals surface area contributed by atoms with Crippen molar-refractivity contribution in [2.45, 2.75) is 40.6 Å². The molecule has 5 rings (SSSR count). The van der Waals surface area contributed by atoms with Gasteiger partial charge < -0.3 is 9.64 Å². The SMILES string of the molecule is CC1(C)S[C@H]2N(C(=O)C2(Br)N=C(Cl)c2cccc([N+](=O)[O-])c2)[C@H]1C(=O)OC(c1ccccc1)c1ccccc1. The molecule has 0 bridgehead atoms. The smallest absolute Gasteiger partial charge is 0.331 e. The number of fused-ring (bicyclic) bond motifs is 1. The number of amides is 1. The first-order chi connectivity index (χ1) is 18.5. The standard InChI is InChI=1S/C28H23BrClN3O5S/c1-27(2)22(24(34)38-21(17-10-5-3-6-11-17)18-12-7-4-8-13-18)32-25(35)28(29,26(32)39-27)31-23(30)19-14-9-15-20(16-19)33(36)37/h3-16,21-22,26H,1-2H3/t22-,26+,28?/m0/s1. The van der Waals surface area contributed by atoms with Crippen LogP contribution in [0.15, 0.2) is 89.9 Å². The van der Waals surface area contributed by atoms with E-state index >= 15 is 0 Å². The molecule has 11 heteroatoms. The van der Waals surface area contributed by atoms with Crippen LogP contribution in [0.3, 0.4) is 0 Å². The van der Waals surface area contributed by atoms with Crippen LogP contribution in [0.1, 0.15) is 36.6 Å². The van der Waals surface area contributed by atoms with E-state index in [9.17, 15) is 19.7 Å². The van der Waals surface area contributed by atoms with E-state index in [4.69, 9.17) is 16.3 Å². The molecular formula is C28H23BrClN3O5S. The van der Waals surface area contributed by atoms with Crippen molar-refractivity contribution in [3.63, 3.8) is 0 Å². The van der Waals surface area contributed by atoms with Crippen molar-refractivity contribution in [1.29, 1.82) is 0 Å². The first-order valence-electron chi connectivity index (χ1n) is 12.0. The lowest BCUT2D eigenvalue weighted by Crippen LogP contribution is -2.70. The fraction of sp³-hybridized carbons (Fsp3) is 0.250. The van der Waals surface area contributed by atoms with E-state index in [0.29, 0.717) is 5.56 Å². The Labute approximate surface area is 242 Å². The second-order valence-corrected chi connectivity index (χ2v) is 13.0. The van der Waals surface area contributed by atoms with Crippen molar-refractivity contribution in [1.82, 2.24) is 4.90 Å². The number of hydrogen-bond acceptors (Lipinski definition) is 7. The van der Waals surface area contributed by atoms with Gasteiger partial charge in [0.2, 0.25) is 4.45 Å². The van der Waals surface area contributed by atoms with Crippen LogP contribution >= 0.6 is 39.3 Å². The molecule has 1 unspecified atom stereocenters. The van der Waals surface area contributed by atoms with Gasteiger partial charge in [-0.15, -0.1) is 11.8 Å². The number of halogens is 2. The summed E-state index contributed by atoms with van der Waals surface area (Å²) in [4.78, 5) is 43.8. The van der Waals surface area contributed by atoms with Crippen LogP contribution < -0.4 is 0 Å². The second-order valence-electron chi connectivity index (χ2n) is 9.71. The van der Waals surface area contributed by atoms with E-state index < -0.39 is 43.5 Å². The highest BCUT2D eigenvalue weighted by molar-refractivity contribution is 9.10. The molecule has 0 saturated carbocycles. The van der Waals surface area contributed by atoms with Crippen molar-refractivity contribution < 1.29 is 19.2 Å². The molecule has 0 aliphatic carbocycles. The number of benzene rings is 3.